The average Bonchev–Trinajstić information content (AvgIpc) is 2.78. The molecular weight excluding hydrogens is 446 g/mol. The molecule has 3 unspecified atom stereocenters. The van der Waals surface area contributed by atoms with Crippen LogP contribution in [0.5, 0.6) is 0 Å². The van der Waals surface area contributed by atoms with Gasteiger partial charge >= 0.3 is 5.97 Å². The van der Waals surface area contributed by atoms with Crippen LogP contribution in [0.25, 0.3) is 0 Å². The van der Waals surface area contributed by atoms with Crippen molar-refractivity contribution in [3.63, 3.8) is 0 Å². The van der Waals surface area contributed by atoms with Gasteiger partial charge in [0.2, 0.25) is 17.7 Å². The standard InChI is InChI=1S/C20H41N9O5/c21-9-3-1-6-13(23)17(31)27-12-16(30)28-14(7-2-4-10-22)18(32)29-15(19(33)34)8-5-11-26-20(24)25/h13-15H,1-12,21-23H2,(H,27,31)(H,28,30)(H,29,32)(H,33,34)(H4,24,25,26). The summed E-state index contributed by atoms with van der Waals surface area (Å²) < 4.78 is 0. The van der Waals surface area contributed by atoms with Crippen molar-refractivity contribution >= 4 is 29.7 Å². The molecule has 14 heteroatoms. The number of nitrogens with one attached hydrogen (secondary N) is 3. The van der Waals surface area contributed by atoms with E-state index in [0.717, 1.165) is 6.42 Å². The number of amides is 3. The predicted octanol–water partition coefficient (Wildman–Crippen LogP) is -3.20. The molecule has 0 aromatic carbocycles. The highest BCUT2D eigenvalue weighted by atomic mass is 16.4. The van der Waals surface area contributed by atoms with Gasteiger partial charge in [-0.2, -0.15) is 0 Å². The van der Waals surface area contributed by atoms with Gasteiger partial charge in [-0.1, -0.05) is 6.42 Å². The van der Waals surface area contributed by atoms with Gasteiger partial charge in [0, 0.05) is 6.54 Å². The van der Waals surface area contributed by atoms with E-state index < -0.39 is 41.8 Å². The second-order valence-corrected chi connectivity index (χ2v) is 7.86. The summed E-state index contributed by atoms with van der Waals surface area (Å²) in [4.78, 5) is 52.4. The molecular formula is C20H41N9O5. The highest BCUT2D eigenvalue weighted by molar-refractivity contribution is 5.92. The number of nitrogens with zero attached hydrogens (tertiary/aromatic N) is 1. The number of hydrogen-bond acceptors (Lipinski definition) is 8. The Hall–Kier alpha value is -2.97. The van der Waals surface area contributed by atoms with Crippen LogP contribution in [-0.4, -0.2) is 79.1 Å². The molecule has 0 radical (unpaired) electrons. The van der Waals surface area contributed by atoms with E-state index in [1.165, 1.54) is 0 Å². The lowest BCUT2D eigenvalue weighted by molar-refractivity contribution is -0.142. The number of hydrogen-bond donors (Lipinski definition) is 9. The zero-order chi connectivity index (χ0) is 25.9. The first-order valence-corrected chi connectivity index (χ1v) is 11.4. The quantitative estimate of drug-likeness (QED) is 0.0500. The van der Waals surface area contributed by atoms with E-state index >= 15 is 0 Å². The minimum Gasteiger partial charge on any atom is -0.480 e. The summed E-state index contributed by atoms with van der Waals surface area (Å²) in [5.41, 5.74) is 27.2. The number of carboxylic acids is 1. The molecule has 0 bridgehead atoms. The van der Waals surface area contributed by atoms with E-state index in [-0.39, 0.29) is 31.9 Å². The lowest BCUT2D eigenvalue weighted by atomic mass is 10.1. The number of carbonyl (C=O) groups is 4. The van der Waals surface area contributed by atoms with Crippen LogP contribution in [0.3, 0.4) is 0 Å². The molecule has 14 nitrogen and oxygen atoms in total. The molecule has 0 aliphatic carbocycles. The number of rotatable bonds is 19. The fourth-order valence-corrected chi connectivity index (χ4v) is 2.98. The van der Waals surface area contributed by atoms with Crippen molar-refractivity contribution in [2.45, 2.75) is 69.5 Å². The summed E-state index contributed by atoms with van der Waals surface area (Å²) in [7, 11) is 0. The third kappa shape index (κ3) is 15.0. The van der Waals surface area contributed by atoms with Gasteiger partial charge in [0.05, 0.1) is 12.6 Å². The van der Waals surface area contributed by atoms with Gasteiger partial charge in [0.15, 0.2) is 5.96 Å². The maximum absolute atomic E-state index is 12.7. The maximum Gasteiger partial charge on any atom is 0.326 e. The van der Waals surface area contributed by atoms with E-state index in [2.05, 4.69) is 20.9 Å². The molecule has 0 spiro atoms. The Balaban J connectivity index is 4.87. The highest BCUT2D eigenvalue weighted by Crippen LogP contribution is 2.04. The van der Waals surface area contributed by atoms with Gasteiger partial charge in [-0.15, -0.1) is 0 Å². The zero-order valence-electron chi connectivity index (χ0n) is 19.6. The maximum atomic E-state index is 12.7. The minimum absolute atomic E-state index is 0.0966. The minimum atomic E-state index is -1.22. The molecule has 0 saturated carbocycles. The zero-order valence-corrected chi connectivity index (χ0v) is 19.6. The fraction of sp³-hybridized carbons (Fsp3) is 0.750. The molecule has 0 aromatic rings. The Morgan fingerprint density at radius 2 is 1.38 bits per heavy atom. The molecule has 34 heavy (non-hydrogen) atoms. The van der Waals surface area contributed by atoms with Gasteiger partial charge in [0.1, 0.15) is 12.1 Å². The fourth-order valence-electron chi connectivity index (χ4n) is 2.98. The predicted molar refractivity (Wildman–Crippen MR) is 128 cm³/mol. The van der Waals surface area contributed by atoms with E-state index in [4.69, 9.17) is 28.7 Å². The number of carbonyl (C=O) groups excluding carboxylic acids is 3. The summed E-state index contributed by atoms with van der Waals surface area (Å²) in [5.74, 6) is -3.06. The smallest absolute Gasteiger partial charge is 0.326 e. The van der Waals surface area contributed by atoms with E-state index in [1.54, 1.807) is 0 Å². The third-order valence-electron chi connectivity index (χ3n) is 4.89. The number of carboxylic acid groups (broad SMARTS) is 1. The topological polar surface area (TPSA) is 267 Å². The molecule has 0 rings (SSSR count). The number of nitrogens with two attached hydrogens (primary N) is 5. The van der Waals surface area contributed by atoms with Crippen LogP contribution >= 0.6 is 0 Å². The molecule has 14 N–H and O–H groups in total. The summed E-state index contributed by atoms with van der Waals surface area (Å²) in [5, 5.41) is 16.8. The van der Waals surface area contributed by atoms with Gasteiger partial charge in [-0.3, -0.25) is 19.4 Å². The molecule has 0 fully saturated rings. The van der Waals surface area contributed by atoms with Gasteiger partial charge < -0.3 is 49.7 Å². The third-order valence-corrected chi connectivity index (χ3v) is 4.89. The van der Waals surface area contributed by atoms with Gasteiger partial charge in [0.25, 0.3) is 0 Å². The van der Waals surface area contributed by atoms with Crippen LogP contribution in [0.2, 0.25) is 0 Å². The summed E-state index contributed by atoms with van der Waals surface area (Å²) >= 11 is 0. The lowest BCUT2D eigenvalue weighted by Crippen LogP contribution is -2.53. The Morgan fingerprint density at radius 1 is 0.794 bits per heavy atom. The lowest BCUT2D eigenvalue weighted by Gasteiger charge is -2.22. The van der Waals surface area contributed by atoms with Crippen LogP contribution in [0.1, 0.15) is 51.4 Å². The van der Waals surface area contributed by atoms with Crippen LogP contribution in [0.15, 0.2) is 4.99 Å². The Kier molecular flexibility index (Phi) is 16.8. The summed E-state index contributed by atoms with van der Waals surface area (Å²) in [6, 6.07) is -2.94. The molecule has 196 valence electrons. The van der Waals surface area contributed by atoms with Crippen molar-refractivity contribution in [3.8, 4) is 0 Å². The molecule has 3 amide bonds. The van der Waals surface area contributed by atoms with Crippen molar-refractivity contribution in [3.05, 3.63) is 0 Å². The number of guanidine groups is 1. The first-order chi connectivity index (χ1) is 16.1. The van der Waals surface area contributed by atoms with Crippen molar-refractivity contribution in [2.24, 2.45) is 33.7 Å². The van der Waals surface area contributed by atoms with E-state index in [1.807, 2.05) is 0 Å². The van der Waals surface area contributed by atoms with Crippen LogP contribution in [-0.2, 0) is 19.2 Å². The number of aliphatic imine (C=N–C) groups is 1. The first-order valence-electron chi connectivity index (χ1n) is 11.4. The van der Waals surface area contributed by atoms with Crippen molar-refractivity contribution in [1.29, 1.82) is 0 Å². The van der Waals surface area contributed by atoms with Crippen LogP contribution < -0.4 is 44.6 Å². The van der Waals surface area contributed by atoms with E-state index in [9.17, 15) is 24.3 Å². The number of unbranched alkanes of at least 4 members (excludes halogenated alkanes) is 2. The molecule has 3 atom stereocenters. The van der Waals surface area contributed by atoms with Crippen molar-refractivity contribution in [1.82, 2.24) is 16.0 Å². The second kappa shape index (κ2) is 18.5. The van der Waals surface area contributed by atoms with Crippen molar-refractivity contribution < 1.29 is 24.3 Å². The van der Waals surface area contributed by atoms with Gasteiger partial charge in [-0.25, -0.2) is 4.79 Å². The monoisotopic (exact) mass is 487 g/mol. The molecule has 0 saturated heterocycles. The Bertz CT molecular complexity index is 671. The normalized spacial score (nSPS) is 13.3. The van der Waals surface area contributed by atoms with Crippen LogP contribution in [0.4, 0.5) is 0 Å². The van der Waals surface area contributed by atoms with Crippen molar-refractivity contribution in [2.75, 3.05) is 26.2 Å². The van der Waals surface area contributed by atoms with Gasteiger partial charge in [-0.05, 0) is 58.0 Å². The largest absolute Gasteiger partial charge is 0.480 e. The summed E-state index contributed by atoms with van der Waals surface area (Å²) in [6.07, 6.45) is 3.71. The Morgan fingerprint density at radius 3 is 1.94 bits per heavy atom. The Labute approximate surface area is 199 Å². The summed E-state index contributed by atoms with van der Waals surface area (Å²) in [6.45, 7) is 0.754. The molecule has 0 aliphatic heterocycles. The van der Waals surface area contributed by atoms with E-state index in [0.29, 0.717) is 45.2 Å². The van der Waals surface area contributed by atoms with Crippen LogP contribution in [0, 0.1) is 0 Å². The second-order valence-electron chi connectivity index (χ2n) is 7.86. The highest BCUT2D eigenvalue weighted by Gasteiger charge is 2.26. The SMILES string of the molecule is NCCCCC(N)C(=O)NCC(=O)NC(CCCCN)C(=O)NC(CCCN=C(N)N)C(=O)O. The first kappa shape index (κ1) is 31.0. The molecule has 0 aromatic heterocycles. The average molecular weight is 488 g/mol. The molecule has 0 heterocycles. The number of aliphatic carboxylic acids is 1. The molecule has 0 aliphatic rings.